The van der Waals surface area contributed by atoms with Gasteiger partial charge in [-0.05, 0) is 49.0 Å². The molecule has 19 heavy (non-hydrogen) atoms. The van der Waals surface area contributed by atoms with E-state index in [9.17, 15) is 8.42 Å². The fourth-order valence-electron chi connectivity index (χ4n) is 2.33. The maximum absolute atomic E-state index is 11.9. The summed E-state index contributed by atoms with van der Waals surface area (Å²) in [5, 5.41) is 1.86. The van der Waals surface area contributed by atoms with Crippen molar-refractivity contribution in [1.82, 2.24) is 4.72 Å². The van der Waals surface area contributed by atoms with E-state index in [-0.39, 0.29) is 6.04 Å². The fourth-order valence-corrected chi connectivity index (χ4v) is 3.55. The molecule has 5 heteroatoms. The molecule has 1 aliphatic rings. The van der Waals surface area contributed by atoms with Crippen molar-refractivity contribution >= 4 is 27.7 Å². The number of hydrogen-bond acceptors (Lipinski definition) is 2. The Morgan fingerprint density at radius 3 is 2.53 bits per heavy atom. The first kappa shape index (κ1) is 14.6. The van der Waals surface area contributed by atoms with E-state index in [4.69, 9.17) is 11.6 Å². The number of hydrogen-bond donors (Lipinski definition) is 1. The maximum atomic E-state index is 11.9. The van der Waals surface area contributed by atoms with Crippen molar-refractivity contribution in [2.75, 3.05) is 0 Å². The van der Waals surface area contributed by atoms with Crippen molar-refractivity contribution < 1.29 is 8.42 Å². The van der Waals surface area contributed by atoms with Crippen LogP contribution in [0.3, 0.4) is 0 Å². The molecule has 0 aromatic heterocycles. The number of sulfonamides is 1. The van der Waals surface area contributed by atoms with Gasteiger partial charge in [0, 0.05) is 16.5 Å². The predicted octanol–water partition coefficient (Wildman–Crippen LogP) is 3.42. The fraction of sp³-hybridized carbons (Fsp3) is 0.429. The largest absolute Gasteiger partial charge is 0.233 e. The van der Waals surface area contributed by atoms with Gasteiger partial charge < -0.3 is 0 Å². The van der Waals surface area contributed by atoms with Gasteiger partial charge in [-0.3, -0.25) is 0 Å². The lowest BCUT2D eigenvalue weighted by molar-refractivity contribution is 0.545. The van der Waals surface area contributed by atoms with E-state index in [1.54, 1.807) is 30.3 Å². The molecule has 0 aliphatic heterocycles. The molecule has 0 amide bonds. The van der Waals surface area contributed by atoms with Crippen molar-refractivity contribution in [3.63, 3.8) is 0 Å². The van der Waals surface area contributed by atoms with Gasteiger partial charge in [-0.25, -0.2) is 13.1 Å². The first-order valence-corrected chi connectivity index (χ1v) is 8.33. The molecule has 2 unspecified atom stereocenters. The van der Waals surface area contributed by atoms with Crippen LogP contribution in [0.25, 0.3) is 6.08 Å². The molecule has 2 atom stereocenters. The van der Waals surface area contributed by atoms with Crippen LogP contribution in [0.1, 0.15) is 31.7 Å². The molecule has 0 heterocycles. The minimum absolute atomic E-state index is 0.0786. The number of halogens is 1. The zero-order chi connectivity index (χ0) is 13.9. The van der Waals surface area contributed by atoms with Gasteiger partial charge in [-0.1, -0.05) is 30.7 Å². The molecule has 0 bridgehead atoms. The molecular weight excluding hydrogens is 282 g/mol. The molecule has 1 aromatic rings. The average molecular weight is 300 g/mol. The van der Waals surface area contributed by atoms with E-state index in [1.165, 1.54) is 5.41 Å². The molecule has 1 fully saturated rings. The van der Waals surface area contributed by atoms with Crippen LogP contribution in [0.15, 0.2) is 29.7 Å². The first-order valence-electron chi connectivity index (χ1n) is 6.40. The summed E-state index contributed by atoms with van der Waals surface area (Å²) in [6, 6.07) is 7.12. The molecule has 0 saturated heterocycles. The lowest BCUT2D eigenvalue weighted by Gasteiger charge is -2.10. The van der Waals surface area contributed by atoms with Crippen LogP contribution in [0.5, 0.6) is 0 Å². The molecule has 104 valence electrons. The zero-order valence-electron chi connectivity index (χ0n) is 10.8. The van der Waals surface area contributed by atoms with Gasteiger partial charge in [0.2, 0.25) is 10.0 Å². The topological polar surface area (TPSA) is 46.2 Å². The van der Waals surface area contributed by atoms with Gasteiger partial charge in [0.1, 0.15) is 0 Å². The quantitative estimate of drug-likeness (QED) is 0.926. The van der Waals surface area contributed by atoms with Crippen LogP contribution in [0.2, 0.25) is 5.02 Å². The minimum atomic E-state index is -3.36. The van der Waals surface area contributed by atoms with Gasteiger partial charge in [-0.2, -0.15) is 0 Å². The van der Waals surface area contributed by atoms with Crippen molar-refractivity contribution in [2.45, 2.75) is 32.2 Å². The number of nitrogens with one attached hydrogen (secondary N) is 1. The van der Waals surface area contributed by atoms with Crippen molar-refractivity contribution in [2.24, 2.45) is 5.92 Å². The molecule has 3 nitrogen and oxygen atoms in total. The monoisotopic (exact) mass is 299 g/mol. The van der Waals surface area contributed by atoms with Gasteiger partial charge in [0.15, 0.2) is 0 Å². The van der Waals surface area contributed by atoms with E-state index < -0.39 is 10.0 Å². The second-order valence-electron chi connectivity index (χ2n) is 5.13. The van der Waals surface area contributed by atoms with E-state index in [0.717, 1.165) is 24.8 Å². The van der Waals surface area contributed by atoms with E-state index in [0.29, 0.717) is 10.9 Å². The van der Waals surface area contributed by atoms with Crippen LogP contribution in [0, 0.1) is 5.92 Å². The van der Waals surface area contributed by atoms with E-state index in [2.05, 4.69) is 11.6 Å². The first-order chi connectivity index (χ1) is 8.94. The third-order valence-corrected chi connectivity index (χ3v) is 4.74. The summed E-state index contributed by atoms with van der Waals surface area (Å²) in [5.41, 5.74) is 0.814. The Balaban J connectivity index is 1.98. The molecule has 0 spiro atoms. The molecule has 1 N–H and O–H groups in total. The van der Waals surface area contributed by atoms with Crippen LogP contribution in [-0.2, 0) is 10.0 Å². The Bertz CT molecular complexity index is 551. The third kappa shape index (κ3) is 4.64. The lowest BCUT2D eigenvalue weighted by atomic mass is 10.1. The lowest BCUT2D eigenvalue weighted by Crippen LogP contribution is -2.31. The van der Waals surface area contributed by atoms with Crippen LogP contribution >= 0.6 is 11.6 Å². The van der Waals surface area contributed by atoms with Gasteiger partial charge in [0.25, 0.3) is 0 Å². The maximum Gasteiger partial charge on any atom is 0.233 e. The summed E-state index contributed by atoms with van der Waals surface area (Å²) in [4.78, 5) is 0. The molecule has 1 aliphatic carbocycles. The van der Waals surface area contributed by atoms with E-state index in [1.807, 2.05) is 0 Å². The summed E-state index contributed by atoms with van der Waals surface area (Å²) >= 11 is 5.77. The molecule has 1 saturated carbocycles. The summed E-state index contributed by atoms with van der Waals surface area (Å²) in [5.74, 6) is 0.605. The zero-order valence-corrected chi connectivity index (χ0v) is 12.4. The average Bonchev–Trinajstić information content (AvgIpc) is 2.73. The summed E-state index contributed by atoms with van der Waals surface area (Å²) in [6.07, 6.45) is 4.52. The van der Waals surface area contributed by atoms with Gasteiger partial charge >= 0.3 is 0 Å². The number of rotatable bonds is 4. The highest BCUT2D eigenvalue weighted by Gasteiger charge is 2.24. The highest BCUT2D eigenvalue weighted by Crippen LogP contribution is 2.25. The second kappa shape index (κ2) is 6.07. The standard InChI is InChI=1S/C14H18ClNO2S/c1-11-2-7-14(10-11)16-19(17,18)9-8-12-3-5-13(15)6-4-12/h3-6,8-9,11,14,16H,2,7,10H2,1H3/b9-8+. The Morgan fingerprint density at radius 2 is 1.95 bits per heavy atom. The third-order valence-electron chi connectivity index (χ3n) is 3.34. The summed E-state index contributed by atoms with van der Waals surface area (Å²) < 4.78 is 26.5. The molecular formula is C14H18ClNO2S. The van der Waals surface area contributed by atoms with Gasteiger partial charge in [-0.15, -0.1) is 0 Å². The van der Waals surface area contributed by atoms with Crippen molar-refractivity contribution in [3.05, 3.63) is 40.3 Å². The van der Waals surface area contributed by atoms with E-state index >= 15 is 0 Å². The normalized spacial score (nSPS) is 24.1. The molecule has 0 radical (unpaired) electrons. The highest BCUT2D eigenvalue weighted by molar-refractivity contribution is 7.92. The predicted molar refractivity (Wildman–Crippen MR) is 79.3 cm³/mol. The second-order valence-corrected chi connectivity index (χ2v) is 7.17. The molecule has 2 rings (SSSR count). The highest BCUT2D eigenvalue weighted by atomic mass is 35.5. The Hall–Kier alpha value is -0.840. The minimum Gasteiger partial charge on any atom is -0.209 e. The Kier molecular flexibility index (Phi) is 4.66. The SMILES string of the molecule is CC1CCC(NS(=O)(=O)/C=C/c2ccc(Cl)cc2)C1. The summed E-state index contributed by atoms with van der Waals surface area (Å²) in [7, 11) is -3.36. The van der Waals surface area contributed by atoms with Crippen LogP contribution < -0.4 is 4.72 Å². The van der Waals surface area contributed by atoms with Crippen molar-refractivity contribution in [1.29, 1.82) is 0 Å². The van der Waals surface area contributed by atoms with Crippen LogP contribution in [0.4, 0.5) is 0 Å². The molecule has 1 aromatic carbocycles. The van der Waals surface area contributed by atoms with Crippen LogP contribution in [-0.4, -0.2) is 14.5 Å². The van der Waals surface area contributed by atoms with Gasteiger partial charge in [0.05, 0.1) is 0 Å². The Labute approximate surface area is 119 Å². The Morgan fingerprint density at radius 1 is 1.26 bits per heavy atom. The van der Waals surface area contributed by atoms with Crippen molar-refractivity contribution in [3.8, 4) is 0 Å². The number of benzene rings is 1. The summed E-state index contributed by atoms with van der Waals surface area (Å²) in [6.45, 7) is 2.15. The smallest absolute Gasteiger partial charge is 0.209 e.